The summed E-state index contributed by atoms with van der Waals surface area (Å²) >= 11 is 6.38. The van der Waals surface area contributed by atoms with Gasteiger partial charge in [0.25, 0.3) is 0 Å². The van der Waals surface area contributed by atoms with Crippen LogP contribution in [0, 0.1) is 0 Å². The van der Waals surface area contributed by atoms with Gasteiger partial charge in [-0.2, -0.15) is 0 Å². The van der Waals surface area contributed by atoms with Crippen LogP contribution >= 0.6 is 20.2 Å². The molecule has 0 N–H and O–H groups in total. The van der Waals surface area contributed by atoms with Crippen molar-refractivity contribution in [1.29, 1.82) is 0 Å². The zero-order valence-electron chi connectivity index (χ0n) is 22.9. The zero-order chi connectivity index (χ0) is 26.7. The molecule has 0 radical (unpaired) electrons. The second-order valence-electron chi connectivity index (χ2n) is 7.49. The van der Waals surface area contributed by atoms with E-state index < -0.39 is 27.5 Å². The number of carbonyl (C=O) groups excluding carboxylic acids is 1. The SMILES string of the molecule is CCOC(C)Oc1cc(OC(C)OCC)c(PC(=O)c2c(Cl)cccc2OC)c(OC(C)OCC)c1.[Li+]. The van der Waals surface area contributed by atoms with E-state index in [0.717, 1.165) is 0 Å². The Balaban J connectivity index is 0.00000684. The molecule has 4 unspecified atom stereocenters. The van der Waals surface area contributed by atoms with Crippen molar-refractivity contribution in [3.05, 3.63) is 40.9 Å². The van der Waals surface area contributed by atoms with E-state index >= 15 is 0 Å². The molecule has 0 aliphatic heterocycles. The van der Waals surface area contributed by atoms with Crippen LogP contribution in [0.5, 0.6) is 23.0 Å². The van der Waals surface area contributed by atoms with E-state index in [1.165, 1.54) is 7.11 Å². The summed E-state index contributed by atoms with van der Waals surface area (Å²) in [5.74, 6) is 1.60. The normalized spacial score (nSPS) is 13.5. The number of benzene rings is 2. The van der Waals surface area contributed by atoms with Gasteiger partial charge in [0.05, 0.1) is 23.0 Å². The fourth-order valence-corrected chi connectivity index (χ4v) is 4.82. The van der Waals surface area contributed by atoms with Crippen LogP contribution < -0.4 is 43.1 Å². The topological polar surface area (TPSA) is 81.7 Å². The Labute approximate surface area is 238 Å². The molecule has 0 amide bonds. The van der Waals surface area contributed by atoms with Gasteiger partial charge in [0.1, 0.15) is 23.0 Å². The molecule has 0 aliphatic rings. The molecule has 2 rings (SSSR count). The van der Waals surface area contributed by atoms with Gasteiger partial charge in [0.15, 0.2) is 24.4 Å². The first-order chi connectivity index (χ1) is 17.2. The molecular weight excluding hydrogens is 514 g/mol. The number of rotatable bonds is 16. The maximum absolute atomic E-state index is 13.5. The van der Waals surface area contributed by atoms with Gasteiger partial charge in [-0.05, 0) is 62.3 Å². The number of hydrogen-bond donors (Lipinski definition) is 0. The van der Waals surface area contributed by atoms with E-state index in [2.05, 4.69) is 0 Å². The van der Waals surface area contributed by atoms with Gasteiger partial charge >= 0.3 is 18.9 Å². The second-order valence-corrected chi connectivity index (χ2v) is 9.10. The van der Waals surface area contributed by atoms with Crippen molar-refractivity contribution in [3.63, 3.8) is 0 Å². The van der Waals surface area contributed by atoms with Crippen molar-refractivity contribution in [2.24, 2.45) is 0 Å². The molecule has 0 spiro atoms. The van der Waals surface area contributed by atoms with Crippen LogP contribution in [0.2, 0.25) is 5.02 Å². The van der Waals surface area contributed by atoms with Crippen molar-refractivity contribution >= 4 is 31.0 Å². The molecule has 2 aromatic rings. The Bertz CT molecular complexity index is 958. The minimum absolute atomic E-state index is 0. The van der Waals surface area contributed by atoms with Gasteiger partial charge in [0, 0.05) is 32.0 Å². The Kier molecular flexibility index (Phi) is 15.6. The van der Waals surface area contributed by atoms with Crippen LogP contribution in [-0.2, 0) is 14.2 Å². The third-order valence-corrected chi connectivity index (χ3v) is 6.33. The van der Waals surface area contributed by atoms with Gasteiger partial charge < -0.3 is 33.2 Å². The van der Waals surface area contributed by atoms with Crippen molar-refractivity contribution < 1.29 is 56.8 Å². The van der Waals surface area contributed by atoms with Crippen molar-refractivity contribution in [1.82, 2.24) is 0 Å². The van der Waals surface area contributed by atoms with Crippen LogP contribution in [0.1, 0.15) is 51.9 Å². The van der Waals surface area contributed by atoms with E-state index in [1.54, 1.807) is 51.1 Å². The van der Waals surface area contributed by atoms with Gasteiger partial charge in [-0.1, -0.05) is 17.7 Å². The molecule has 11 heteroatoms. The molecule has 0 heterocycles. The van der Waals surface area contributed by atoms with E-state index in [9.17, 15) is 4.79 Å². The van der Waals surface area contributed by atoms with Crippen LogP contribution in [-0.4, -0.2) is 51.3 Å². The molecule has 0 fully saturated rings. The molecule has 0 bridgehead atoms. The second kappa shape index (κ2) is 17.2. The fraction of sp³-hybridized carbons (Fsp3) is 0.500. The number of ether oxygens (including phenoxy) is 7. The minimum Gasteiger partial charge on any atom is -0.496 e. The van der Waals surface area contributed by atoms with Crippen LogP contribution in [0.3, 0.4) is 0 Å². The summed E-state index contributed by atoms with van der Waals surface area (Å²) < 4.78 is 40.2. The monoisotopic (exact) mass is 549 g/mol. The number of hydrogen-bond acceptors (Lipinski definition) is 8. The van der Waals surface area contributed by atoms with Crippen LogP contribution in [0.15, 0.2) is 30.3 Å². The first kappa shape index (κ1) is 33.5. The summed E-state index contributed by atoms with van der Waals surface area (Å²) in [7, 11) is 1.09. The van der Waals surface area contributed by atoms with Crippen LogP contribution in [0.25, 0.3) is 0 Å². The Morgan fingerprint density at radius 2 is 1.32 bits per heavy atom. The molecule has 0 saturated heterocycles. The standard InChI is InChI=1S/C26H36ClO8P.Li/c1-8-30-16(4)33-19-14-22(34-17(5)31-9-2)25(23(15-19)35-18(6)32-10-3)36-26(28)24-20(27)12-11-13-21(24)29-7;/h11-18,36H,8-10H2,1-7H3;/q;+1. The van der Waals surface area contributed by atoms with E-state index in [0.29, 0.717) is 53.1 Å². The predicted octanol–water partition coefficient (Wildman–Crippen LogP) is 2.78. The summed E-state index contributed by atoms with van der Waals surface area (Å²) in [6.45, 7) is 12.4. The zero-order valence-corrected chi connectivity index (χ0v) is 24.6. The Morgan fingerprint density at radius 1 is 0.838 bits per heavy atom. The first-order valence-corrected chi connectivity index (χ1v) is 13.3. The summed E-state index contributed by atoms with van der Waals surface area (Å²) in [5, 5.41) is 0.823. The molecule has 0 saturated carbocycles. The van der Waals surface area contributed by atoms with E-state index in [4.69, 9.17) is 44.8 Å². The molecule has 0 aromatic heterocycles. The van der Waals surface area contributed by atoms with Gasteiger partial charge in [-0.25, -0.2) is 0 Å². The fourth-order valence-electron chi connectivity index (χ4n) is 3.37. The average Bonchev–Trinajstić information content (AvgIpc) is 2.81. The predicted molar refractivity (Wildman–Crippen MR) is 142 cm³/mol. The van der Waals surface area contributed by atoms with E-state index in [-0.39, 0.29) is 29.9 Å². The third-order valence-electron chi connectivity index (χ3n) is 4.79. The molecule has 8 nitrogen and oxygen atoms in total. The molecular formula is C26H36ClLiO8P+. The molecule has 37 heavy (non-hydrogen) atoms. The van der Waals surface area contributed by atoms with E-state index in [1.807, 2.05) is 20.8 Å². The van der Waals surface area contributed by atoms with Gasteiger partial charge in [-0.15, -0.1) is 0 Å². The number of halogens is 1. The first-order valence-electron chi connectivity index (χ1n) is 11.9. The minimum atomic E-state index is -0.583. The maximum Gasteiger partial charge on any atom is 1.00 e. The molecule has 0 aliphatic carbocycles. The average molecular weight is 550 g/mol. The summed E-state index contributed by atoms with van der Waals surface area (Å²) in [4.78, 5) is 13.5. The van der Waals surface area contributed by atoms with Crippen molar-refractivity contribution in [2.75, 3.05) is 26.9 Å². The van der Waals surface area contributed by atoms with Crippen molar-refractivity contribution in [2.45, 2.75) is 60.4 Å². The number of carbonyl (C=O) groups is 1. The smallest absolute Gasteiger partial charge is 0.496 e. The Morgan fingerprint density at radius 3 is 1.78 bits per heavy atom. The molecule has 200 valence electrons. The summed E-state index contributed by atoms with van der Waals surface area (Å²) in [6, 6.07) is 8.46. The van der Waals surface area contributed by atoms with Gasteiger partial charge in [-0.3, -0.25) is 4.79 Å². The number of methoxy groups -OCH3 is 1. The molecule has 2 aromatic carbocycles. The Hall–Kier alpha value is -1.49. The van der Waals surface area contributed by atoms with Crippen molar-refractivity contribution in [3.8, 4) is 23.0 Å². The van der Waals surface area contributed by atoms with Crippen LogP contribution in [0.4, 0.5) is 0 Å². The summed E-state index contributed by atoms with van der Waals surface area (Å²) in [6.07, 6.45) is -1.67. The summed E-state index contributed by atoms with van der Waals surface area (Å²) in [5.41, 5.74) is 0.0505. The largest absolute Gasteiger partial charge is 1.00 e. The maximum atomic E-state index is 13.5. The van der Waals surface area contributed by atoms with Gasteiger partial charge in [0.2, 0.25) is 0 Å². The third kappa shape index (κ3) is 10.3. The molecule has 4 atom stereocenters. The quantitative estimate of drug-likeness (QED) is 0.180.